The van der Waals surface area contributed by atoms with Gasteiger partial charge in [0.25, 0.3) is 0 Å². The first kappa shape index (κ1) is 24.8. The van der Waals surface area contributed by atoms with Gasteiger partial charge in [-0.25, -0.2) is 13.2 Å². The lowest BCUT2D eigenvalue weighted by atomic mass is 10.1. The molecule has 180 valence electrons. The molecule has 3 rings (SSSR count). The van der Waals surface area contributed by atoms with Crippen LogP contribution in [0.15, 0.2) is 36.4 Å². The summed E-state index contributed by atoms with van der Waals surface area (Å²) in [5.74, 6) is -9.14. The summed E-state index contributed by atoms with van der Waals surface area (Å²) in [5, 5.41) is 0. The van der Waals surface area contributed by atoms with Crippen molar-refractivity contribution < 1.29 is 49.7 Å². The number of ether oxygens (including phenoxy) is 4. The first-order valence-corrected chi connectivity index (χ1v) is 9.81. The monoisotopic (exact) mass is 480 g/mol. The van der Waals surface area contributed by atoms with Gasteiger partial charge in [-0.1, -0.05) is 12.2 Å². The van der Waals surface area contributed by atoms with Crippen molar-refractivity contribution in [3.63, 3.8) is 0 Å². The number of benzene rings is 2. The summed E-state index contributed by atoms with van der Waals surface area (Å²) in [7, 11) is 0. The molecule has 0 bridgehead atoms. The van der Waals surface area contributed by atoms with Crippen molar-refractivity contribution in [2.45, 2.75) is 19.3 Å². The molecule has 1 saturated heterocycles. The number of rotatable bonds is 8. The van der Waals surface area contributed by atoms with Gasteiger partial charge < -0.3 is 18.9 Å². The van der Waals surface area contributed by atoms with E-state index >= 15 is 0 Å². The molecule has 2 aromatic carbocycles. The number of halogens is 7. The zero-order valence-corrected chi connectivity index (χ0v) is 17.2. The maximum Gasteiger partial charge on any atom is 0.429 e. The van der Waals surface area contributed by atoms with E-state index in [1.54, 1.807) is 0 Å². The third-order valence-electron chi connectivity index (χ3n) is 4.65. The molecule has 0 amide bonds. The minimum absolute atomic E-state index is 0.0289. The molecule has 0 N–H and O–H groups in total. The van der Waals surface area contributed by atoms with Crippen LogP contribution in [-0.2, 0) is 15.6 Å². The fraction of sp³-hybridized carbons (Fsp3) is 0.364. The smallest absolute Gasteiger partial charge is 0.429 e. The lowest BCUT2D eigenvalue weighted by molar-refractivity contribution is -0.199. The second-order valence-electron chi connectivity index (χ2n) is 6.91. The van der Waals surface area contributed by atoms with E-state index in [1.165, 1.54) is 19.1 Å². The predicted octanol–water partition coefficient (Wildman–Crippen LogP) is 5.96. The number of allylic oxidation sites excluding steroid dienone is 1. The fourth-order valence-electron chi connectivity index (χ4n) is 3.08. The Morgan fingerprint density at radius 3 is 2.21 bits per heavy atom. The van der Waals surface area contributed by atoms with E-state index in [0.717, 1.165) is 12.1 Å². The summed E-state index contributed by atoms with van der Waals surface area (Å²) in [6, 6.07) is 2.87. The molecular weight excluding hydrogens is 461 g/mol. The van der Waals surface area contributed by atoms with Crippen molar-refractivity contribution in [2.75, 3.05) is 26.5 Å². The van der Waals surface area contributed by atoms with Gasteiger partial charge in [-0.2, -0.15) is 17.6 Å². The standard InChI is InChI=1S/C22H19F7O4/c1-2-30-15-8-6-14(18(25)19(15)26)22(28,29)33-16-7-5-13(17(24)20(16)27)21-31-10-12(11-32-21)4-3-9-23/h3-8,12,21H,2,9-11H2,1H3. The fourth-order valence-corrected chi connectivity index (χ4v) is 3.08. The maximum absolute atomic E-state index is 14.5. The van der Waals surface area contributed by atoms with Gasteiger partial charge in [-0.05, 0) is 31.2 Å². The van der Waals surface area contributed by atoms with Gasteiger partial charge >= 0.3 is 6.11 Å². The van der Waals surface area contributed by atoms with Gasteiger partial charge in [0.1, 0.15) is 12.2 Å². The predicted molar refractivity (Wildman–Crippen MR) is 102 cm³/mol. The molecule has 1 fully saturated rings. The van der Waals surface area contributed by atoms with Crippen LogP contribution in [0.5, 0.6) is 11.5 Å². The highest BCUT2D eigenvalue weighted by molar-refractivity contribution is 5.35. The van der Waals surface area contributed by atoms with E-state index in [9.17, 15) is 30.7 Å². The van der Waals surface area contributed by atoms with E-state index in [2.05, 4.69) is 4.74 Å². The molecule has 33 heavy (non-hydrogen) atoms. The molecule has 1 aliphatic heterocycles. The van der Waals surface area contributed by atoms with Crippen molar-refractivity contribution >= 4 is 0 Å². The Bertz CT molecular complexity index is 1000. The van der Waals surface area contributed by atoms with Gasteiger partial charge in [0.2, 0.25) is 11.6 Å². The average molecular weight is 480 g/mol. The minimum atomic E-state index is -4.54. The van der Waals surface area contributed by atoms with Crippen LogP contribution in [-0.4, -0.2) is 26.5 Å². The summed E-state index contributed by atoms with van der Waals surface area (Å²) < 4.78 is 118. The molecule has 4 nitrogen and oxygen atoms in total. The highest BCUT2D eigenvalue weighted by Gasteiger charge is 2.41. The van der Waals surface area contributed by atoms with E-state index in [-0.39, 0.29) is 25.7 Å². The Kier molecular flexibility index (Phi) is 7.85. The largest absolute Gasteiger partial charge is 0.491 e. The molecule has 0 radical (unpaired) electrons. The van der Waals surface area contributed by atoms with Crippen LogP contribution in [0.3, 0.4) is 0 Å². The molecule has 2 aromatic rings. The van der Waals surface area contributed by atoms with E-state index < -0.39 is 65.0 Å². The number of hydrogen-bond acceptors (Lipinski definition) is 4. The van der Waals surface area contributed by atoms with Gasteiger partial charge in [0, 0.05) is 11.5 Å². The number of hydrogen-bond donors (Lipinski definition) is 0. The third kappa shape index (κ3) is 5.41. The summed E-state index contributed by atoms with van der Waals surface area (Å²) in [4.78, 5) is 0. The van der Waals surface area contributed by atoms with Crippen molar-refractivity contribution in [2.24, 2.45) is 5.92 Å². The average Bonchev–Trinajstić information content (AvgIpc) is 2.79. The highest BCUT2D eigenvalue weighted by Crippen LogP contribution is 2.39. The Morgan fingerprint density at radius 2 is 1.58 bits per heavy atom. The van der Waals surface area contributed by atoms with Gasteiger partial charge in [0.15, 0.2) is 29.4 Å². The Balaban J connectivity index is 1.79. The zero-order chi connectivity index (χ0) is 24.2. The van der Waals surface area contributed by atoms with E-state index in [0.29, 0.717) is 12.1 Å². The van der Waals surface area contributed by atoms with Crippen LogP contribution in [0.4, 0.5) is 30.7 Å². The number of alkyl halides is 3. The van der Waals surface area contributed by atoms with Crippen LogP contribution < -0.4 is 9.47 Å². The summed E-state index contributed by atoms with van der Waals surface area (Å²) >= 11 is 0. The van der Waals surface area contributed by atoms with E-state index in [1.807, 2.05) is 0 Å². The Morgan fingerprint density at radius 1 is 0.939 bits per heavy atom. The van der Waals surface area contributed by atoms with Gasteiger partial charge in [-0.15, -0.1) is 0 Å². The molecular formula is C22H19F7O4. The molecule has 1 aliphatic rings. The third-order valence-corrected chi connectivity index (χ3v) is 4.65. The summed E-state index contributed by atoms with van der Waals surface area (Å²) in [5.41, 5.74) is -1.95. The molecule has 11 heteroatoms. The van der Waals surface area contributed by atoms with Crippen molar-refractivity contribution in [3.8, 4) is 11.5 Å². The lowest BCUT2D eigenvalue weighted by Crippen LogP contribution is -2.27. The summed E-state index contributed by atoms with van der Waals surface area (Å²) in [6.07, 6.45) is -3.11. The second-order valence-corrected chi connectivity index (χ2v) is 6.91. The van der Waals surface area contributed by atoms with Crippen molar-refractivity contribution in [1.29, 1.82) is 0 Å². The Labute approximate surface area is 184 Å². The SMILES string of the molecule is CCOc1ccc(C(F)(F)Oc2ccc(C3OCC(C=CCF)CO3)c(F)c2F)c(F)c1F. The second kappa shape index (κ2) is 10.4. The first-order valence-electron chi connectivity index (χ1n) is 9.81. The minimum Gasteiger partial charge on any atom is -0.491 e. The first-order chi connectivity index (χ1) is 15.7. The van der Waals surface area contributed by atoms with Crippen LogP contribution in [0.25, 0.3) is 0 Å². The topological polar surface area (TPSA) is 36.9 Å². The maximum atomic E-state index is 14.5. The quantitative estimate of drug-likeness (QED) is 0.345. The lowest BCUT2D eigenvalue weighted by Gasteiger charge is -2.28. The van der Waals surface area contributed by atoms with Crippen LogP contribution in [0.2, 0.25) is 0 Å². The van der Waals surface area contributed by atoms with E-state index in [4.69, 9.17) is 14.2 Å². The molecule has 0 unspecified atom stereocenters. The van der Waals surface area contributed by atoms with Gasteiger partial charge in [0.05, 0.1) is 19.8 Å². The van der Waals surface area contributed by atoms with Crippen LogP contribution in [0.1, 0.15) is 24.3 Å². The molecule has 0 saturated carbocycles. The molecule has 0 aromatic heterocycles. The van der Waals surface area contributed by atoms with Crippen molar-refractivity contribution in [1.82, 2.24) is 0 Å². The molecule has 0 aliphatic carbocycles. The molecule has 1 heterocycles. The van der Waals surface area contributed by atoms with Gasteiger partial charge in [-0.3, -0.25) is 0 Å². The normalized spacial score (nSPS) is 19.2. The zero-order valence-electron chi connectivity index (χ0n) is 17.2. The van der Waals surface area contributed by atoms with Crippen molar-refractivity contribution in [3.05, 3.63) is 70.8 Å². The van der Waals surface area contributed by atoms with Crippen LogP contribution in [0, 0.1) is 29.2 Å². The molecule has 0 atom stereocenters. The summed E-state index contributed by atoms with van der Waals surface area (Å²) in [6.45, 7) is 0.819. The van der Waals surface area contributed by atoms with Crippen LogP contribution >= 0.6 is 0 Å². The Hall–Kier alpha value is -2.79. The highest BCUT2D eigenvalue weighted by atomic mass is 19.3. The molecule has 0 spiro atoms.